The first-order valence-corrected chi connectivity index (χ1v) is 12.6. The fourth-order valence-corrected chi connectivity index (χ4v) is 4.71. The topological polar surface area (TPSA) is 79.8 Å². The quantitative estimate of drug-likeness (QED) is 0.469. The Labute approximate surface area is 216 Å². The second-order valence-electron chi connectivity index (χ2n) is 10.2. The molecular weight excluding hydrogens is 480 g/mol. The van der Waals surface area contributed by atoms with E-state index in [0.717, 1.165) is 43.9 Å². The van der Waals surface area contributed by atoms with Crippen LogP contribution in [0.15, 0.2) is 36.5 Å². The molecule has 1 fully saturated rings. The lowest BCUT2D eigenvalue weighted by atomic mass is 9.83. The van der Waals surface area contributed by atoms with Crippen molar-refractivity contribution in [2.45, 2.75) is 59.3 Å². The zero-order valence-corrected chi connectivity index (χ0v) is 21.9. The van der Waals surface area contributed by atoms with Crippen LogP contribution in [0.2, 0.25) is 0 Å². The number of carbonyl (C=O) groups is 3. The number of hydrogen-bond donors (Lipinski definition) is 0. The number of aromatic nitrogens is 1. The molecule has 0 unspecified atom stereocenters. The van der Waals surface area contributed by atoms with Gasteiger partial charge in [0.2, 0.25) is 5.91 Å². The minimum Gasteiger partial charge on any atom is -0.465 e. The van der Waals surface area contributed by atoms with Crippen LogP contribution in [-0.2, 0) is 9.53 Å². The summed E-state index contributed by atoms with van der Waals surface area (Å²) in [6.45, 7) is 6.29. The van der Waals surface area contributed by atoms with Crippen LogP contribution >= 0.6 is 0 Å². The number of amides is 2. The molecule has 37 heavy (non-hydrogen) atoms. The Balaban J connectivity index is 1.84. The highest BCUT2D eigenvalue weighted by Gasteiger charge is 2.25. The Bertz CT molecular complexity index is 1120. The van der Waals surface area contributed by atoms with Gasteiger partial charge in [0.1, 0.15) is 0 Å². The van der Waals surface area contributed by atoms with Gasteiger partial charge in [0.15, 0.2) is 0 Å². The predicted octanol–water partition coefficient (Wildman–Crippen LogP) is 5.59. The van der Waals surface area contributed by atoms with E-state index in [9.17, 15) is 23.2 Å². The lowest BCUT2D eigenvalue weighted by Gasteiger charge is -2.24. The summed E-state index contributed by atoms with van der Waals surface area (Å²) in [6, 6.07) is 7.86. The molecule has 0 spiro atoms. The summed E-state index contributed by atoms with van der Waals surface area (Å²) in [7, 11) is 1.18. The second kappa shape index (κ2) is 12.3. The van der Waals surface area contributed by atoms with Gasteiger partial charge in [-0.15, -0.1) is 0 Å². The van der Waals surface area contributed by atoms with Gasteiger partial charge in [-0.25, -0.2) is 13.6 Å². The molecule has 0 bridgehead atoms. The largest absolute Gasteiger partial charge is 0.465 e. The average Bonchev–Trinajstić information content (AvgIpc) is 2.95. The lowest BCUT2D eigenvalue weighted by molar-refractivity contribution is -0.117. The zero-order valence-electron chi connectivity index (χ0n) is 21.9. The van der Waals surface area contributed by atoms with Crippen molar-refractivity contribution >= 4 is 23.5 Å². The van der Waals surface area contributed by atoms with Crippen molar-refractivity contribution in [1.29, 1.82) is 0 Å². The smallest absolute Gasteiger partial charge is 0.340 e. The Morgan fingerprint density at radius 2 is 1.78 bits per heavy atom. The van der Waals surface area contributed by atoms with Gasteiger partial charge in [-0.2, -0.15) is 0 Å². The van der Waals surface area contributed by atoms with E-state index in [1.165, 1.54) is 25.4 Å². The minimum atomic E-state index is -2.77. The highest BCUT2D eigenvalue weighted by atomic mass is 19.3. The molecule has 1 saturated heterocycles. The monoisotopic (exact) mass is 515 g/mol. The molecule has 3 rings (SSSR count). The molecule has 1 aliphatic rings. The van der Waals surface area contributed by atoms with Crippen LogP contribution in [0.25, 0.3) is 11.3 Å². The Kier molecular flexibility index (Phi) is 9.34. The Hall–Kier alpha value is -3.36. The average molecular weight is 516 g/mol. The first-order chi connectivity index (χ1) is 17.5. The number of pyridine rings is 1. The highest BCUT2D eigenvalue weighted by molar-refractivity contribution is 6.03. The summed E-state index contributed by atoms with van der Waals surface area (Å²) < 4.78 is 31.0. The number of esters is 1. The number of alkyl halides is 2. The van der Waals surface area contributed by atoms with Gasteiger partial charge >= 0.3 is 5.97 Å². The van der Waals surface area contributed by atoms with E-state index in [0.29, 0.717) is 35.3 Å². The first-order valence-electron chi connectivity index (χ1n) is 12.6. The maximum atomic E-state index is 13.2. The number of hydrogen-bond acceptors (Lipinski definition) is 5. The molecule has 0 atom stereocenters. The first kappa shape index (κ1) is 28.2. The van der Waals surface area contributed by atoms with Crippen molar-refractivity contribution in [2.24, 2.45) is 5.41 Å². The van der Waals surface area contributed by atoms with Gasteiger partial charge < -0.3 is 14.5 Å². The summed E-state index contributed by atoms with van der Waals surface area (Å²) in [5, 5.41) is 0. The number of methoxy groups -OCH3 is 1. The molecule has 0 aliphatic carbocycles. The van der Waals surface area contributed by atoms with Crippen molar-refractivity contribution in [3.05, 3.63) is 47.7 Å². The Morgan fingerprint density at radius 3 is 2.41 bits per heavy atom. The molecule has 1 aromatic carbocycles. The maximum absolute atomic E-state index is 13.2. The van der Waals surface area contributed by atoms with Crippen molar-refractivity contribution in [3.8, 4) is 11.3 Å². The summed E-state index contributed by atoms with van der Waals surface area (Å²) >= 11 is 0. The lowest BCUT2D eigenvalue weighted by Crippen LogP contribution is -2.34. The van der Waals surface area contributed by atoms with Gasteiger partial charge in [-0.1, -0.05) is 26.3 Å². The molecule has 200 valence electrons. The SMILES string of the molecule is COC(=O)c1cc(-c2ccc(C(=O)N3CCCCC(C)(C)CCC3)cn2)ccc1N(CC(F)F)C(C)=O. The van der Waals surface area contributed by atoms with E-state index >= 15 is 0 Å². The van der Waals surface area contributed by atoms with Crippen molar-refractivity contribution in [2.75, 3.05) is 31.6 Å². The molecule has 2 heterocycles. The van der Waals surface area contributed by atoms with Crippen LogP contribution in [0, 0.1) is 5.41 Å². The third kappa shape index (κ3) is 7.33. The van der Waals surface area contributed by atoms with E-state index in [1.54, 1.807) is 18.2 Å². The van der Waals surface area contributed by atoms with Crippen LogP contribution in [-0.4, -0.2) is 60.8 Å². The Morgan fingerprint density at radius 1 is 1.08 bits per heavy atom. The summed E-state index contributed by atoms with van der Waals surface area (Å²) in [5.74, 6) is -1.45. The molecule has 0 saturated carbocycles. The van der Waals surface area contributed by atoms with Gasteiger partial charge in [-0.3, -0.25) is 14.6 Å². The normalized spacial score (nSPS) is 15.9. The molecule has 2 aromatic rings. The molecule has 1 aromatic heterocycles. The molecule has 1 aliphatic heterocycles. The van der Waals surface area contributed by atoms with Crippen molar-refractivity contribution in [1.82, 2.24) is 9.88 Å². The summed E-state index contributed by atoms with van der Waals surface area (Å²) in [4.78, 5) is 44.8. The standard InChI is InChI=1S/C28H35F2N3O4/c1-19(34)33(18-25(29)30)24-11-9-20(16-22(24)27(36)37-4)23-10-8-21(17-31-23)26(35)32-14-6-5-12-28(2,3)13-7-15-32/h8-11,16-17,25H,5-7,12-15,18H2,1-4H3. The molecule has 7 nitrogen and oxygen atoms in total. The fraction of sp³-hybridized carbons (Fsp3) is 0.500. The van der Waals surface area contributed by atoms with Gasteiger partial charge in [0, 0.05) is 31.8 Å². The van der Waals surface area contributed by atoms with Crippen LogP contribution in [0.4, 0.5) is 14.5 Å². The van der Waals surface area contributed by atoms with E-state index in [-0.39, 0.29) is 17.2 Å². The number of benzene rings is 1. The van der Waals surface area contributed by atoms with Gasteiger partial charge in [0.05, 0.1) is 36.2 Å². The molecule has 0 N–H and O–H groups in total. The van der Waals surface area contributed by atoms with E-state index in [2.05, 4.69) is 18.8 Å². The van der Waals surface area contributed by atoms with Crippen LogP contribution in [0.5, 0.6) is 0 Å². The third-order valence-electron chi connectivity index (χ3n) is 6.80. The van der Waals surface area contributed by atoms with E-state index in [4.69, 9.17) is 4.74 Å². The molecular formula is C28H35F2N3O4. The number of carbonyl (C=O) groups excluding carboxylic acids is 3. The molecule has 0 radical (unpaired) electrons. The molecule has 2 amide bonds. The molecule has 9 heteroatoms. The highest BCUT2D eigenvalue weighted by Crippen LogP contribution is 2.31. The summed E-state index contributed by atoms with van der Waals surface area (Å²) in [6.07, 6.45) is 3.98. The second-order valence-corrected chi connectivity index (χ2v) is 10.2. The fourth-order valence-electron chi connectivity index (χ4n) is 4.71. The van der Waals surface area contributed by atoms with E-state index < -0.39 is 24.8 Å². The number of halogens is 2. The number of rotatable bonds is 6. The minimum absolute atomic E-state index is 0.0302. The van der Waals surface area contributed by atoms with Crippen molar-refractivity contribution < 1.29 is 27.9 Å². The van der Waals surface area contributed by atoms with Crippen molar-refractivity contribution in [3.63, 3.8) is 0 Å². The van der Waals surface area contributed by atoms with E-state index in [1.807, 2.05) is 4.90 Å². The third-order valence-corrected chi connectivity index (χ3v) is 6.80. The van der Waals surface area contributed by atoms with Crippen LogP contribution in [0.3, 0.4) is 0 Å². The number of anilines is 1. The maximum Gasteiger partial charge on any atom is 0.340 e. The van der Waals surface area contributed by atoms with Crippen LogP contribution in [0.1, 0.15) is 73.6 Å². The van der Waals surface area contributed by atoms with Gasteiger partial charge in [0.25, 0.3) is 12.3 Å². The number of nitrogens with zero attached hydrogens (tertiary/aromatic N) is 3. The number of ether oxygens (including phenoxy) is 1. The predicted molar refractivity (Wildman–Crippen MR) is 138 cm³/mol. The summed E-state index contributed by atoms with van der Waals surface area (Å²) in [5.41, 5.74) is 1.79. The zero-order chi connectivity index (χ0) is 27.2. The van der Waals surface area contributed by atoms with Crippen LogP contribution < -0.4 is 4.90 Å². The van der Waals surface area contributed by atoms with Gasteiger partial charge in [-0.05, 0) is 55.4 Å².